The largest absolute Gasteiger partial charge is 0.508 e. The molecule has 0 saturated heterocycles. The number of imidazole rings is 1. The smallest absolute Gasteiger partial charge is 0.333 e. The number of hydrogen-bond acceptors (Lipinski definition) is 7. The summed E-state index contributed by atoms with van der Waals surface area (Å²) in [6.45, 7) is 2.47. The normalized spacial score (nSPS) is 12.2. The van der Waals surface area contributed by atoms with Gasteiger partial charge in [-0.1, -0.05) is 31.0 Å². The Morgan fingerprint density at radius 3 is 2.51 bits per heavy atom. The van der Waals surface area contributed by atoms with Crippen molar-refractivity contribution in [2.24, 2.45) is 0 Å². The molecule has 3 rings (SSSR count). The second-order valence-corrected chi connectivity index (χ2v) is 9.21. The molecule has 1 heterocycles. The highest BCUT2D eigenvalue weighted by molar-refractivity contribution is 5.39. The van der Waals surface area contributed by atoms with Crippen LogP contribution >= 0.6 is 0 Å². The molecule has 0 amide bonds. The lowest BCUT2D eigenvalue weighted by atomic mass is 10.1. The summed E-state index contributed by atoms with van der Waals surface area (Å²) in [5.41, 5.74) is 2.50. The predicted octanol–water partition coefficient (Wildman–Crippen LogP) is 3.29. The van der Waals surface area contributed by atoms with Gasteiger partial charge in [0.05, 0.1) is 24.6 Å². The number of benzene rings is 2. The minimum Gasteiger partial charge on any atom is -0.508 e. The zero-order chi connectivity index (χ0) is 26.5. The Labute approximate surface area is 217 Å². The number of H-pyrrole nitrogens is 1. The van der Waals surface area contributed by atoms with Gasteiger partial charge >= 0.3 is 5.69 Å². The minimum absolute atomic E-state index is 0.0346. The quantitative estimate of drug-likeness (QED) is 0.152. The SMILES string of the molecule is O=c1[nH]cc(O)n1-c1cccc(CCCCOCCCCCCNC[C@H](O)c2ccc(O)c(CO)c2)c1. The van der Waals surface area contributed by atoms with E-state index in [1.807, 2.05) is 18.2 Å². The van der Waals surface area contributed by atoms with Gasteiger partial charge in [-0.25, -0.2) is 9.36 Å². The van der Waals surface area contributed by atoms with Gasteiger partial charge in [0.1, 0.15) is 5.75 Å². The highest BCUT2D eigenvalue weighted by Crippen LogP contribution is 2.22. The van der Waals surface area contributed by atoms with Crippen LogP contribution in [0.4, 0.5) is 0 Å². The molecule has 0 fully saturated rings. The van der Waals surface area contributed by atoms with Crippen LogP contribution in [0.2, 0.25) is 0 Å². The van der Waals surface area contributed by atoms with Crippen LogP contribution in [0.25, 0.3) is 5.69 Å². The number of aryl methyl sites for hydroxylation is 1. The maximum absolute atomic E-state index is 11.8. The van der Waals surface area contributed by atoms with Gasteiger partial charge < -0.3 is 35.5 Å². The van der Waals surface area contributed by atoms with Crippen molar-refractivity contribution < 1.29 is 25.2 Å². The van der Waals surface area contributed by atoms with Gasteiger partial charge in [-0.05, 0) is 74.0 Å². The molecule has 0 aliphatic carbocycles. The topological polar surface area (TPSA) is 140 Å². The standard InChI is InChI=1S/C28H39N3O6/c32-20-23-17-22(11-12-25(23)33)26(34)18-29-13-4-1-2-5-14-37-15-6-3-8-21-9-7-10-24(16-21)31-27(35)19-30-28(31)36/h7,9-12,16-17,19,26,29,32-35H,1-6,8,13-15,18,20H2,(H,30,36)/t26-/m0/s1. The molecule has 0 spiro atoms. The molecular weight excluding hydrogens is 474 g/mol. The Kier molecular flexibility index (Phi) is 11.7. The molecule has 37 heavy (non-hydrogen) atoms. The molecule has 9 heteroatoms. The van der Waals surface area contributed by atoms with Crippen LogP contribution in [0.15, 0.2) is 53.5 Å². The number of unbranched alkanes of at least 4 members (excludes halogenated alkanes) is 4. The van der Waals surface area contributed by atoms with E-state index in [2.05, 4.69) is 10.3 Å². The summed E-state index contributed by atoms with van der Waals surface area (Å²) in [5, 5.41) is 42.2. The highest BCUT2D eigenvalue weighted by atomic mass is 16.5. The minimum atomic E-state index is -0.680. The van der Waals surface area contributed by atoms with Crippen molar-refractivity contribution in [3.8, 4) is 17.3 Å². The van der Waals surface area contributed by atoms with Gasteiger partial charge in [-0.2, -0.15) is 0 Å². The first-order valence-electron chi connectivity index (χ1n) is 13.0. The van der Waals surface area contributed by atoms with Crippen LogP contribution in [0.1, 0.15) is 61.3 Å². The summed E-state index contributed by atoms with van der Waals surface area (Å²) in [6, 6.07) is 12.4. The van der Waals surface area contributed by atoms with Crippen molar-refractivity contribution in [3.05, 3.63) is 75.8 Å². The first-order valence-corrected chi connectivity index (χ1v) is 13.0. The maximum Gasteiger partial charge on any atom is 0.333 e. The molecule has 2 aromatic carbocycles. The number of aromatic amines is 1. The Morgan fingerprint density at radius 2 is 1.76 bits per heavy atom. The Hall–Kier alpha value is -3.11. The van der Waals surface area contributed by atoms with Crippen molar-refractivity contribution in [1.82, 2.24) is 14.9 Å². The lowest BCUT2D eigenvalue weighted by Crippen LogP contribution is -2.22. The molecular formula is C28H39N3O6. The number of nitrogens with one attached hydrogen (secondary N) is 2. The molecule has 0 saturated carbocycles. The zero-order valence-corrected chi connectivity index (χ0v) is 21.2. The van der Waals surface area contributed by atoms with Crippen molar-refractivity contribution in [2.45, 2.75) is 57.7 Å². The average Bonchev–Trinajstić information content (AvgIpc) is 3.24. The Morgan fingerprint density at radius 1 is 0.973 bits per heavy atom. The van der Waals surface area contributed by atoms with Gasteiger partial charge in [0.15, 0.2) is 0 Å². The molecule has 9 nitrogen and oxygen atoms in total. The van der Waals surface area contributed by atoms with E-state index in [1.54, 1.807) is 18.2 Å². The number of aliphatic hydroxyl groups is 2. The summed E-state index contributed by atoms with van der Waals surface area (Å²) in [4.78, 5) is 14.3. The van der Waals surface area contributed by atoms with Crippen LogP contribution in [-0.2, 0) is 17.8 Å². The van der Waals surface area contributed by atoms with Crippen molar-refractivity contribution in [1.29, 1.82) is 0 Å². The Bertz CT molecular complexity index is 1140. The van der Waals surface area contributed by atoms with Gasteiger partial charge in [-0.15, -0.1) is 0 Å². The fraction of sp³-hybridized carbons (Fsp3) is 0.464. The third kappa shape index (κ3) is 9.05. The average molecular weight is 514 g/mol. The summed E-state index contributed by atoms with van der Waals surface area (Å²) >= 11 is 0. The van der Waals surface area contributed by atoms with Gasteiger partial charge in [-0.3, -0.25) is 0 Å². The monoisotopic (exact) mass is 513 g/mol. The first kappa shape index (κ1) is 28.5. The zero-order valence-electron chi connectivity index (χ0n) is 21.2. The highest BCUT2D eigenvalue weighted by Gasteiger charge is 2.10. The summed E-state index contributed by atoms with van der Waals surface area (Å²) < 4.78 is 7.00. The molecule has 1 atom stereocenters. The number of aromatic nitrogens is 2. The second kappa shape index (κ2) is 15.2. The van der Waals surface area contributed by atoms with Crippen LogP contribution in [0, 0.1) is 0 Å². The van der Waals surface area contributed by atoms with Crippen molar-refractivity contribution >= 4 is 0 Å². The fourth-order valence-corrected chi connectivity index (χ4v) is 4.20. The number of aliphatic hydroxyl groups excluding tert-OH is 2. The van der Waals surface area contributed by atoms with Crippen molar-refractivity contribution in [3.63, 3.8) is 0 Å². The van der Waals surface area contributed by atoms with Gasteiger partial charge in [0, 0.05) is 25.3 Å². The van der Waals surface area contributed by atoms with E-state index in [9.17, 15) is 25.2 Å². The molecule has 1 aromatic heterocycles. The third-order valence-electron chi connectivity index (χ3n) is 6.32. The predicted molar refractivity (Wildman–Crippen MR) is 142 cm³/mol. The van der Waals surface area contributed by atoms with E-state index in [0.29, 0.717) is 23.4 Å². The van der Waals surface area contributed by atoms with E-state index in [1.165, 1.54) is 16.8 Å². The molecule has 0 bridgehead atoms. The van der Waals surface area contributed by atoms with Crippen LogP contribution in [0.3, 0.4) is 0 Å². The molecule has 0 radical (unpaired) electrons. The number of rotatable bonds is 17. The molecule has 0 aliphatic rings. The second-order valence-electron chi connectivity index (χ2n) is 9.21. The van der Waals surface area contributed by atoms with Crippen molar-refractivity contribution in [2.75, 3.05) is 26.3 Å². The van der Waals surface area contributed by atoms with E-state index in [0.717, 1.165) is 70.3 Å². The Balaban J connectivity index is 1.17. The number of ether oxygens (including phenoxy) is 1. The van der Waals surface area contributed by atoms with E-state index in [4.69, 9.17) is 4.74 Å². The van der Waals surface area contributed by atoms with Crippen LogP contribution in [0.5, 0.6) is 11.6 Å². The van der Waals surface area contributed by atoms with Gasteiger partial charge in [0.2, 0.25) is 5.88 Å². The fourth-order valence-electron chi connectivity index (χ4n) is 4.20. The number of aromatic hydroxyl groups is 2. The maximum atomic E-state index is 11.8. The third-order valence-corrected chi connectivity index (χ3v) is 6.32. The van der Waals surface area contributed by atoms with E-state index >= 15 is 0 Å². The first-order chi connectivity index (χ1) is 18.0. The molecule has 202 valence electrons. The van der Waals surface area contributed by atoms with Crippen LogP contribution in [-0.4, -0.2) is 56.3 Å². The lowest BCUT2D eigenvalue weighted by molar-refractivity contribution is 0.126. The van der Waals surface area contributed by atoms with Crippen LogP contribution < -0.4 is 11.0 Å². The summed E-state index contributed by atoms with van der Waals surface area (Å²) in [7, 11) is 0. The number of nitrogens with zero attached hydrogens (tertiary/aromatic N) is 1. The number of hydrogen-bond donors (Lipinski definition) is 6. The molecule has 0 unspecified atom stereocenters. The van der Waals surface area contributed by atoms with E-state index in [-0.39, 0.29) is 23.9 Å². The van der Waals surface area contributed by atoms with E-state index < -0.39 is 6.10 Å². The summed E-state index contributed by atoms with van der Waals surface area (Å²) in [6.07, 6.45) is 7.68. The number of phenols is 1. The molecule has 6 N–H and O–H groups in total. The summed E-state index contributed by atoms with van der Waals surface area (Å²) in [5.74, 6) is -0.0680. The molecule has 3 aromatic rings. The van der Waals surface area contributed by atoms with Gasteiger partial charge in [0.25, 0.3) is 0 Å². The molecule has 0 aliphatic heterocycles. The lowest BCUT2D eigenvalue weighted by Gasteiger charge is -2.14.